The maximum absolute atomic E-state index is 12.5. The molecule has 0 aliphatic carbocycles. The quantitative estimate of drug-likeness (QED) is 0.908. The van der Waals surface area contributed by atoms with Crippen molar-refractivity contribution in [3.8, 4) is 0 Å². The summed E-state index contributed by atoms with van der Waals surface area (Å²) in [6.45, 7) is 0.316. The first-order valence-electron chi connectivity index (χ1n) is 6.47. The number of fused-ring (bicyclic) bond motifs is 1. The highest BCUT2D eigenvalue weighted by Crippen LogP contribution is 2.35. The number of anilines is 2. The van der Waals surface area contributed by atoms with Gasteiger partial charge in [-0.15, -0.1) is 10.2 Å². The number of aromatic nitrogens is 2. The lowest BCUT2D eigenvalue weighted by atomic mass is 9.90. The van der Waals surface area contributed by atoms with Crippen LogP contribution in [-0.4, -0.2) is 22.6 Å². The van der Waals surface area contributed by atoms with E-state index in [2.05, 4.69) is 20.8 Å². The van der Waals surface area contributed by atoms with Crippen molar-refractivity contribution in [3.63, 3.8) is 0 Å². The number of benzene rings is 1. The van der Waals surface area contributed by atoms with Crippen molar-refractivity contribution in [2.45, 2.75) is 18.5 Å². The molecule has 1 atom stereocenters. The Bertz CT molecular complexity index is 701. The van der Waals surface area contributed by atoms with Crippen LogP contribution in [0.4, 0.5) is 24.0 Å². The molecule has 0 spiro atoms. The number of alkyl halides is 3. The predicted molar refractivity (Wildman–Crippen MR) is 75.8 cm³/mol. The number of hydrogen-bond donors (Lipinski definition) is 2. The van der Waals surface area contributed by atoms with Gasteiger partial charge in [-0.2, -0.15) is 13.2 Å². The number of hydrogen-bond acceptors (Lipinski definition) is 5. The molecule has 9 heteroatoms. The summed E-state index contributed by atoms with van der Waals surface area (Å²) in [7, 11) is 0. The number of nitrogens with one attached hydrogen (secondary N) is 2. The summed E-state index contributed by atoms with van der Waals surface area (Å²) < 4.78 is 37.4. The Morgan fingerprint density at radius 2 is 2.09 bits per heavy atom. The number of carbonyl (C=O) groups excluding carboxylic acids is 1. The van der Waals surface area contributed by atoms with Crippen molar-refractivity contribution in [1.82, 2.24) is 10.2 Å². The molecule has 1 aromatic heterocycles. The van der Waals surface area contributed by atoms with Crippen LogP contribution < -0.4 is 10.6 Å². The predicted octanol–water partition coefficient (Wildman–Crippen LogP) is 3.09. The Morgan fingerprint density at radius 1 is 1.32 bits per heavy atom. The van der Waals surface area contributed by atoms with Crippen molar-refractivity contribution in [2.75, 3.05) is 17.2 Å². The van der Waals surface area contributed by atoms with E-state index in [1.54, 1.807) is 6.07 Å². The van der Waals surface area contributed by atoms with Gasteiger partial charge < -0.3 is 10.6 Å². The average Bonchev–Trinajstić information content (AvgIpc) is 2.93. The third-order valence-electron chi connectivity index (χ3n) is 3.27. The molecular weight excluding hydrogens is 317 g/mol. The maximum Gasteiger partial charge on any atom is 0.445 e. The summed E-state index contributed by atoms with van der Waals surface area (Å²) in [4.78, 5) is 11.7. The van der Waals surface area contributed by atoms with Crippen LogP contribution in [0.5, 0.6) is 0 Å². The summed E-state index contributed by atoms with van der Waals surface area (Å²) in [6, 6.07) is 7.36. The van der Waals surface area contributed by atoms with Gasteiger partial charge in [-0.05, 0) is 11.6 Å². The van der Waals surface area contributed by atoms with Crippen molar-refractivity contribution in [1.29, 1.82) is 0 Å². The van der Waals surface area contributed by atoms with Gasteiger partial charge in [0.2, 0.25) is 16.0 Å². The SMILES string of the molecule is O=C1CC(CNc2nnc(C(F)(F)F)s2)c2ccccc2N1. The molecule has 1 unspecified atom stereocenters. The number of para-hydroxylation sites is 1. The van der Waals surface area contributed by atoms with E-state index < -0.39 is 11.2 Å². The van der Waals surface area contributed by atoms with Gasteiger partial charge in [0, 0.05) is 24.6 Å². The molecule has 0 bridgehead atoms. The molecule has 5 nitrogen and oxygen atoms in total. The van der Waals surface area contributed by atoms with Crippen LogP contribution in [0.1, 0.15) is 22.9 Å². The molecule has 0 saturated carbocycles. The third-order valence-corrected chi connectivity index (χ3v) is 4.20. The van der Waals surface area contributed by atoms with E-state index in [0.717, 1.165) is 11.3 Å². The first-order valence-corrected chi connectivity index (χ1v) is 7.28. The fourth-order valence-electron chi connectivity index (χ4n) is 2.30. The topological polar surface area (TPSA) is 66.9 Å². The fourth-order valence-corrected chi connectivity index (χ4v) is 2.92. The minimum Gasteiger partial charge on any atom is -0.359 e. The Hall–Kier alpha value is -2.16. The van der Waals surface area contributed by atoms with Crippen molar-refractivity contribution >= 4 is 28.1 Å². The highest BCUT2D eigenvalue weighted by molar-refractivity contribution is 7.15. The molecule has 1 aliphatic rings. The van der Waals surface area contributed by atoms with Gasteiger partial charge >= 0.3 is 6.18 Å². The number of carbonyl (C=O) groups is 1. The Kier molecular flexibility index (Phi) is 3.73. The molecule has 0 fully saturated rings. The molecule has 1 aromatic carbocycles. The van der Waals surface area contributed by atoms with Crippen molar-refractivity contribution < 1.29 is 18.0 Å². The van der Waals surface area contributed by atoms with Gasteiger partial charge in [-0.25, -0.2) is 0 Å². The highest BCUT2D eigenvalue weighted by Gasteiger charge is 2.35. The summed E-state index contributed by atoms with van der Waals surface area (Å²) in [5.74, 6) is -0.234. The third kappa shape index (κ3) is 3.03. The van der Waals surface area contributed by atoms with Crippen LogP contribution in [0.25, 0.3) is 0 Å². The molecule has 0 saturated heterocycles. The van der Waals surface area contributed by atoms with E-state index in [1.165, 1.54) is 0 Å². The van der Waals surface area contributed by atoms with Crippen LogP contribution in [-0.2, 0) is 11.0 Å². The molecule has 3 rings (SSSR count). The fraction of sp³-hybridized carbons (Fsp3) is 0.308. The molecular formula is C13H11F3N4OS. The zero-order valence-electron chi connectivity index (χ0n) is 11.1. The highest BCUT2D eigenvalue weighted by atomic mass is 32.1. The van der Waals surface area contributed by atoms with Crippen LogP contribution in [0.3, 0.4) is 0 Å². The van der Waals surface area contributed by atoms with Crippen LogP contribution in [0.15, 0.2) is 24.3 Å². The van der Waals surface area contributed by atoms with Gasteiger partial charge in [-0.1, -0.05) is 29.5 Å². The van der Waals surface area contributed by atoms with E-state index in [4.69, 9.17) is 0 Å². The summed E-state index contributed by atoms with van der Waals surface area (Å²) >= 11 is 0.452. The second kappa shape index (κ2) is 5.56. The van der Waals surface area contributed by atoms with E-state index in [0.29, 0.717) is 17.9 Å². The minimum atomic E-state index is -4.49. The van der Waals surface area contributed by atoms with Crippen LogP contribution in [0, 0.1) is 0 Å². The maximum atomic E-state index is 12.5. The lowest BCUT2D eigenvalue weighted by Gasteiger charge is -2.25. The van der Waals surface area contributed by atoms with Gasteiger partial charge in [0.05, 0.1) is 0 Å². The largest absolute Gasteiger partial charge is 0.445 e. The number of nitrogens with zero attached hydrogens (tertiary/aromatic N) is 2. The second-order valence-electron chi connectivity index (χ2n) is 4.83. The van der Waals surface area contributed by atoms with Crippen LogP contribution >= 0.6 is 11.3 Å². The molecule has 22 heavy (non-hydrogen) atoms. The zero-order valence-corrected chi connectivity index (χ0v) is 12.0. The van der Waals surface area contributed by atoms with E-state index in [9.17, 15) is 18.0 Å². The van der Waals surface area contributed by atoms with E-state index in [-0.39, 0.29) is 23.4 Å². The minimum absolute atomic E-state index is 0.0933. The smallest absolute Gasteiger partial charge is 0.359 e. The van der Waals surface area contributed by atoms with Gasteiger partial charge in [0.15, 0.2) is 0 Å². The normalized spacial score (nSPS) is 17.8. The molecule has 1 amide bonds. The van der Waals surface area contributed by atoms with Gasteiger partial charge in [-0.3, -0.25) is 4.79 Å². The molecule has 116 valence electrons. The first kappa shape index (κ1) is 14.8. The second-order valence-corrected chi connectivity index (χ2v) is 5.81. The molecule has 1 aliphatic heterocycles. The monoisotopic (exact) mass is 328 g/mol. The molecule has 0 radical (unpaired) electrons. The Labute approximate surface area is 127 Å². The number of amides is 1. The van der Waals surface area contributed by atoms with Crippen LogP contribution in [0.2, 0.25) is 0 Å². The van der Waals surface area contributed by atoms with E-state index in [1.807, 2.05) is 18.2 Å². The first-order chi connectivity index (χ1) is 10.4. The lowest BCUT2D eigenvalue weighted by Crippen LogP contribution is -2.26. The van der Waals surface area contributed by atoms with Crippen molar-refractivity contribution in [3.05, 3.63) is 34.8 Å². The average molecular weight is 328 g/mol. The van der Waals surface area contributed by atoms with Gasteiger partial charge in [0.25, 0.3) is 0 Å². The molecule has 2 heterocycles. The Morgan fingerprint density at radius 3 is 2.82 bits per heavy atom. The lowest BCUT2D eigenvalue weighted by molar-refractivity contribution is -0.138. The Balaban J connectivity index is 1.72. The summed E-state index contributed by atoms with van der Waals surface area (Å²) in [5, 5.41) is 11.3. The van der Waals surface area contributed by atoms with E-state index >= 15 is 0 Å². The van der Waals surface area contributed by atoms with Gasteiger partial charge in [0.1, 0.15) is 0 Å². The standard InChI is InChI=1S/C13H11F3N4OS/c14-13(15,16)11-19-20-12(22-11)17-6-7-5-10(21)18-9-4-2-1-3-8(7)9/h1-4,7H,5-6H2,(H,17,20)(H,18,21). The number of halogens is 3. The molecule has 2 N–H and O–H groups in total. The summed E-state index contributed by atoms with van der Waals surface area (Å²) in [5.41, 5.74) is 1.69. The zero-order chi connectivity index (χ0) is 15.7. The molecule has 2 aromatic rings. The van der Waals surface area contributed by atoms with Crippen molar-refractivity contribution in [2.24, 2.45) is 0 Å². The number of rotatable bonds is 3. The summed E-state index contributed by atoms with van der Waals surface area (Å²) in [6.07, 6.45) is -4.22.